The Labute approximate surface area is 191 Å². The van der Waals surface area contributed by atoms with Crippen molar-refractivity contribution in [1.29, 1.82) is 0 Å². The van der Waals surface area contributed by atoms with Crippen LogP contribution in [-0.4, -0.2) is 31.5 Å². The van der Waals surface area contributed by atoms with E-state index >= 15 is 0 Å². The average Bonchev–Trinajstić information content (AvgIpc) is 3.33. The third kappa shape index (κ3) is 4.81. The van der Waals surface area contributed by atoms with Gasteiger partial charge in [-0.1, -0.05) is 29.4 Å². The van der Waals surface area contributed by atoms with Crippen LogP contribution in [0.15, 0.2) is 45.3 Å². The fraction of sp³-hybridized carbons (Fsp3) is 0.261. The van der Waals surface area contributed by atoms with Crippen molar-refractivity contribution >= 4 is 27.0 Å². The van der Waals surface area contributed by atoms with Crippen LogP contribution in [-0.2, 0) is 22.3 Å². The molecule has 0 saturated carbocycles. The summed E-state index contributed by atoms with van der Waals surface area (Å²) in [7, 11) is -1.96. The van der Waals surface area contributed by atoms with Gasteiger partial charge >= 0.3 is 0 Å². The quantitative estimate of drug-likeness (QED) is 0.425. The summed E-state index contributed by atoms with van der Waals surface area (Å²) in [4.78, 5) is 17.7. The average molecular weight is 469 g/mol. The summed E-state index contributed by atoms with van der Waals surface area (Å²) >= 11 is 0. The molecule has 0 atom stereocenters. The molecule has 0 radical (unpaired) electrons. The second kappa shape index (κ2) is 8.80. The number of benzene rings is 1. The van der Waals surface area contributed by atoms with E-state index in [0.29, 0.717) is 33.7 Å². The molecule has 0 bridgehead atoms. The van der Waals surface area contributed by atoms with Crippen molar-refractivity contribution in [3.63, 3.8) is 0 Å². The molecule has 33 heavy (non-hydrogen) atoms. The zero-order valence-electron chi connectivity index (χ0n) is 18.7. The standard InChI is InChI=1S/C23H24N4O5S/c1-13-9-18(15(3)31-13)20-10-19(21-14(2)27-32-23(21)26-20)22(28)25-11-16-5-7-17(8-6-16)12-33(29,30)24-4/h5-10,24H,11-12H2,1-4H3,(H,25,28). The maximum absolute atomic E-state index is 13.1. The van der Waals surface area contributed by atoms with Crippen LogP contribution in [0.1, 0.15) is 38.7 Å². The molecule has 9 nitrogen and oxygen atoms in total. The van der Waals surface area contributed by atoms with Gasteiger partial charge in [0.05, 0.1) is 28.1 Å². The van der Waals surface area contributed by atoms with Gasteiger partial charge in [0.25, 0.3) is 11.6 Å². The normalized spacial score (nSPS) is 11.8. The monoisotopic (exact) mass is 468 g/mol. The number of hydrogen-bond acceptors (Lipinski definition) is 7. The molecule has 0 saturated heterocycles. The van der Waals surface area contributed by atoms with Crippen molar-refractivity contribution in [3.8, 4) is 11.3 Å². The highest BCUT2D eigenvalue weighted by atomic mass is 32.2. The SMILES string of the molecule is CNS(=O)(=O)Cc1ccc(CNC(=O)c2cc(-c3cc(C)oc3C)nc3onc(C)c23)cc1. The Hall–Kier alpha value is -3.50. The van der Waals surface area contributed by atoms with Crippen molar-refractivity contribution in [3.05, 3.63) is 70.3 Å². The zero-order valence-corrected chi connectivity index (χ0v) is 19.5. The van der Waals surface area contributed by atoms with Crippen molar-refractivity contribution in [2.24, 2.45) is 0 Å². The Bertz CT molecular complexity index is 1440. The molecule has 0 aliphatic heterocycles. The fourth-order valence-electron chi connectivity index (χ4n) is 3.62. The fourth-order valence-corrected chi connectivity index (χ4v) is 4.39. The first kappa shape index (κ1) is 22.7. The zero-order chi connectivity index (χ0) is 23.8. The third-order valence-electron chi connectivity index (χ3n) is 5.32. The molecule has 0 unspecified atom stereocenters. The van der Waals surface area contributed by atoms with Gasteiger partial charge in [0.2, 0.25) is 10.0 Å². The number of nitrogens with zero attached hydrogens (tertiary/aromatic N) is 2. The number of amides is 1. The molecule has 3 aromatic heterocycles. The Balaban J connectivity index is 1.58. The number of nitrogens with one attached hydrogen (secondary N) is 2. The molecule has 3 heterocycles. The molecule has 172 valence electrons. The van der Waals surface area contributed by atoms with E-state index in [9.17, 15) is 13.2 Å². The Morgan fingerprint density at radius 3 is 2.39 bits per heavy atom. The van der Waals surface area contributed by atoms with E-state index in [2.05, 4.69) is 20.2 Å². The first-order valence-corrected chi connectivity index (χ1v) is 11.9. The van der Waals surface area contributed by atoms with Crippen LogP contribution in [0, 0.1) is 20.8 Å². The van der Waals surface area contributed by atoms with E-state index in [1.165, 1.54) is 7.05 Å². The van der Waals surface area contributed by atoms with Gasteiger partial charge in [-0.3, -0.25) is 4.79 Å². The Morgan fingerprint density at radius 2 is 1.76 bits per heavy atom. The number of fused-ring (bicyclic) bond motifs is 1. The molecule has 10 heteroatoms. The van der Waals surface area contributed by atoms with E-state index in [1.807, 2.05) is 19.9 Å². The minimum atomic E-state index is -3.34. The first-order valence-electron chi connectivity index (χ1n) is 10.3. The van der Waals surface area contributed by atoms with E-state index in [0.717, 1.165) is 16.9 Å². The number of aryl methyl sites for hydroxylation is 3. The second-order valence-electron chi connectivity index (χ2n) is 7.79. The molecule has 1 aromatic carbocycles. The summed E-state index contributed by atoms with van der Waals surface area (Å²) in [5.41, 5.74) is 4.10. The van der Waals surface area contributed by atoms with E-state index in [-0.39, 0.29) is 23.9 Å². The number of carbonyl (C=O) groups excluding carboxylic acids is 1. The number of hydrogen-bond donors (Lipinski definition) is 2. The summed E-state index contributed by atoms with van der Waals surface area (Å²) in [5.74, 6) is 1.04. The van der Waals surface area contributed by atoms with Crippen molar-refractivity contribution in [2.45, 2.75) is 33.1 Å². The van der Waals surface area contributed by atoms with E-state index < -0.39 is 10.0 Å². The summed E-state index contributed by atoms with van der Waals surface area (Å²) in [5, 5.41) is 7.44. The van der Waals surface area contributed by atoms with Gasteiger partial charge in [0, 0.05) is 12.1 Å². The largest absolute Gasteiger partial charge is 0.466 e. The molecule has 0 aliphatic carbocycles. The number of furan rings is 1. The van der Waals surface area contributed by atoms with E-state index in [4.69, 9.17) is 8.94 Å². The minimum Gasteiger partial charge on any atom is -0.466 e. The van der Waals surface area contributed by atoms with Crippen LogP contribution < -0.4 is 10.0 Å². The molecule has 0 spiro atoms. The second-order valence-corrected chi connectivity index (χ2v) is 9.72. The highest BCUT2D eigenvalue weighted by Gasteiger charge is 2.21. The molecule has 0 fully saturated rings. The van der Waals surface area contributed by atoms with Gasteiger partial charge in [-0.15, -0.1) is 0 Å². The summed E-state index contributed by atoms with van der Waals surface area (Å²) < 4.78 is 36.6. The lowest BCUT2D eigenvalue weighted by atomic mass is 10.1. The van der Waals surface area contributed by atoms with Crippen LogP contribution >= 0.6 is 0 Å². The van der Waals surface area contributed by atoms with Crippen molar-refractivity contribution in [2.75, 3.05) is 7.05 Å². The lowest BCUT2D eigenvalue weighted by Gasteiger charge is -2.09. The number of sulfonamides is 1. The summed E-state index contributed by atoms with van der Waals surface area (Å²) in [6.07, 6.45) is 0. The third-order valence-corrected chi connectivity index (χ3v) is 6.66. The van der Waals surface area contributed by atoms with Gasteiger partial charge in [-0.2, -0.15) is 0 Å². The first-order chi connectivity index (χ1) is 15.7. The molecular weight excluding hydrogens is 444 g/mol. The van der Waals surface area contributed by atoms with Crippen LogP contribution in [0.3, 0.4) is 0 Å². The van der Waals surface area contributed by atoms with Gasteiger partial charge in [-0.05, 0) is 51.1 Å². The molecule has 0 aliphatic rings. The van der Waals surface area contributed by atoms with E-state index in [1.54, 1.807) is 37.3 Å². The minimum absolute atomic E-state index is 0.104. The predicted molar refractivity (Wildman–Crippen MR) is 123 cm³/mol. The Kier molecular flexibility index (Phi) is 6.05. The number of pyridine rings is 1. The maximum Gasteiger partial charge on any atom is 0.259 e. The van der Waals surface area contributed by atoms with Crippen molar-refractivity contribution in [1.82, 2.24) is 20.2 Å². The van der Waals surface area contributed by atoms with Gasteiger partial charge < -0.3 is 14.3 Å². The lowest BCUT2D eigenvalue weighted by molar-refractivity contribution is 0.0952. The van der Waals surface area contributed by atoms with Crippen LogP contribution in [0.2, 0.25) is 0 Å². The van der Waals surface area contributed by atoms with Crippen LogP contribution in [0.25, 0.3) is 22.4 Å². The number of carbonyl (C=O) groups is 1. The number of rotatable bonds is 7. The topological polar surface area (TPSA) is 127 Å². The molecule has 4 rings (SSSR count). The van der Waals surface area contributed by atoms with Gasteiger partial charge in [0.1, 0.15) is 11.5 Å². The van der Waals surface area contributed by atoms with Crippen LogP contribution in [0.5, 0.6) is 0 Å². The Morgan fingerprint density at radius 1 is 1.06 bits per heavy atom. The van der Waals surface area contributed by atoms with Crippen LogP contribution in [0.4, 0.5) is 0 Å². The smallest absolute Gasteiger partial charge is 0.259 e. The summed E-state index contributed by atoms with van der Waals surface area (Å²) in [6, 6.07) is 10.6. The highest BCUT2D eigenvalue weighted by Crippen LogP contribution is 2.30. The predicted octanol–water partition coefficient (Wildman–Crippen LogP) is 3.39. The lowest BCUT2D eigenvalue weighted by Crippen LogP contribution is -2.23. The summed E-state index contributed by atoms with van der Waals surface area (Å²) in [6.45, 7) is 5.71. The van der Waals surface area contributed by atoms with Crippen molar-refractivity contribution < 1.29 is 22.2 Å². The maximum atomic E-state index is 13.1. The molecule has 1 amide bonds. The number of aromatic nitrogens is 2. The molecule has 4 aromatic rings. The molecular formula is C23H24N4O5S. The van der Waals surface area contributed by atoms with Gasteiger partial charge in [-0.25, -0.2) is 18.1 Å². The molecule has 2 N–H and O–H groups in total. The van der Waals surface area contributed by atoms with Gasteiger partial charge in [0.15, 0.2) is 0 Å². The highest BCUT2D eigenvalue weighted by molar-refractivity contribution is 7.88.